The number of hydrogen-bond donors (Lipinski definition) is 0. The van der Waals surface area contributed by atoms with E-state index in [1.54, 1.807) is 6.07 Å². The standard InChI is InChI=1S/C9H5BrFN3O/c10-8-3-6(11)1-2-9(8)14-4-7(5-15)12-13-14/h1-5H. The summed E-state index contributed by atoms with van der Waals surface area (Å²) in [5.74, 6) is -0.346. The molecule has 6 heteroatoms. The Kier molecular flexibility index (Phi) is 2.59. The maximum atomic E-state index is 12.8. The molecule has 4 nitrogen and oxygen atoms in total. The Morgan fingerprint density at radius 1 is 1.47 bits per heavy atom. The van der Waals surface area contributed by atoms with Crippen molar-refractivity contribution < 1.29 is 9.18 Å². The molecule has 0 aliphatic carbocycles. The molecule has 15 heavy (non-hydrogen) atoms. The Morgan fingerprint density at radius 2 is 2.27 bits per heavy atom. The molecule has 0 spiro atoms. The lowest BCUT2D eigenvalue weighted by atomic mass is 10.3. The molecule has 76 valence electrons. The van der Waals surface area contributed by atoms with Crippen LogP contribution in [0.25, 0.3) is 5.69 Å². The van der Waals surface area contributed by atoms with Crippen LogP contribution in [0.1, 0.15) is 10.5 Å². The molecule has 0 amide bonds. The molecular formula is C9H5BrFN3O. The van der Waals surface area contributed by atoms with Crippen LogP contribution in [0.15, 0.2) is 28.9 Å². The molecule has 0 bridgehead atoms. The first-order valence-corrected chi connectivity index (χ1v) is 4.83. The molecule has 0 N–H and O–H groups in total. The number of hydrogen-bond acceptors (Lipinski definition) is 3. The normalized spacial score (nSPS) is 10.3. The van der Waals surface area contributed by atoms with Crippen LogP contribution in [0.2, 0.25) is 0 Å². The smallest absolute Gasteiger partial charge is 0.171 e. The van der Waals surface area contributed by atoms with Crippen molar-refractivity contribution in [2.24, 2.45) is 0 Å². The first-order valence-electron chi connectivity index (χ1n) is 4.03. The third kappa shape index (κ3) is 1.94. The van der Waals surface area contributed by atoms with E-state index >= 15 is 0 Å². The number of rotatable bonds is 2. The molecule has 0 unspecified atom stereocenters. The Bertz CT molecular complexity index is 512. The second-order valence-corrected chi connectivity index (χ2v) is 3.66. The summed E-state index contributed by atoms with van der Waals surface area (Å²) in [5.41, 5.74) is 0.850. The van der Waals surface area contributed by atoms with Crippen LogP contribution in [-0.2, 0) is 0 Å². The summed E-state index contributed by atoms with van der Waals surface area (Å²) < 4.78 is 14.7. The molecule has 2 aromatic rings. The van der Waals surface area contributed by atoms with Gasteiger partial charge in [-0.1, -0.05) is 5.21 Å². The van der Waals surface area contributed by atoms with Gasteiger partial charge >= 0.3 is 0 Å². The van der Waals surface area contributed by atoms with Gasteiger partial charge in [0.1, 0.15) is 11.5 Å². The highest BCUT2D eigenvalue weighted by Gasteiger charge is 2.06. The quantitative estimate of drug-likeness (QED) is 0.784. The van der Waals surface area contributed by atoms with Gasteiger partial charge in [0.15, 0.2) is 6.29 Å². The van der Waals surface area contributed by atoms with Gasteiger partial charge in [0.2, 0.25) is 0 Å². The molecule has 0 saturated carbocycles. The summed E-state index contributed by atoms with van der Waals surface area (Å²) in [7, 11) is 0. The highest BCUT2D eigenvalue weighted by atomic mass is 79.9. The van der Waals surface area contributed by atoms with Crippen LogP contribution in [0, 0.1) is 5.82 Å². The lowest BCUT2D eigenvalue weighted by molar-refractivity contribution is 0.111. The number of aldehydes is 1. The number of carbonyl (C=O) groups excluding carboxylic acids is 1. The van der Waals surface area contributed by atoms with E-state index in [1.165, 1.54) is 23.0 Å². The topological polar surface area (TPSA) is 47.8 Å². The van der Waals surface area contributed by atoms with E-state index in [4.69, 9.17) is 0 Å². The number of nitrogens with zero attached hydrogens (tertiary/aromatic N) is 3. The minimum Gasteiger partial charge on any atom is -0.296 e. The van der Waals surface area contributed by atoms with E-state index < -0.39 is 0 Å². The van der Waals surface area contributed by atoms with Gasteiger partial charge in [-0.25, -0.2) is 9.07 Å². The molecule has 1 aromatic heterocycles. The SMILES string of the molecule is O=Cc1cn(-c2ccc(F)cc2Br)nn1. The van der Waals surface area contributed by atoms with E-state index in [9.17, 15) is 9.18 Å². The van der Waals surface area contributed by atoms with Crippen molar-refractivity contribution in [3.05, 3.63) is 40.4 Å². The average Bonchev–Trinajstić information content (AvgIpc) is 2.66. The molecular weight excluding hydrogens is 265 g/mol. The van der Waals surface area contributed by atoms with Crippen molar-refractivity contribution in [1.82, 2.24) is 15.0 Å². The highest BCUT2D eigenvalue weighted by molar-refractivity contribution is 9.10. The third-order valence-electron chi connectivity index (χ3n) is 1.79. The van der Waals surface area contributed by atoms with Crippen molar-refractivity contribution in [3.63, 3.8) is 0 Å². The minimum atomic E-state index is -0.346. The summed E-state index contributed by atoms with van der Waals surface area (Å²) >= 11 is 3.20. The fourth-order valence-corrected chi connectivity index (χ4v) is 1.65. The molecule has 0 saturated heterocycles. The number of carbonyl (C=O) groups is 1. The molecule has 0 aliphatic heterocycles. The zero-order valence-electron chi connectivity index (χ0n) is 7.39. The van der Waals surface area contributed by atoms with E-state index in [0.717, 1.165) is 0 Å². The maximum Gasteiger partial charge on any atom is 0.171 e. The monoisotopic (exact) mass is 269 g/mol. The molecule has 1 aromatic carbocycles. The number of benzene rings is 1. The first-order chi connectivity index (χ1) is 7.20. The Labute approximate surface area is 92.8 Å². The second-order valence-electron chi connectivity index (χ2n) is 2.80. The van der Waals surface area contributed by atoms with Gasteiger partial charge in [-0.15, -0.1) is 5.10 Å². The third-order valence-corrected chi connectivity index (χ3v) is 2.42. The van der Waals surface area contributed by atoms with Crippen LogP contribution in [0.4, 0.5) is 4.39 Å². The van der Waals surface area contributed by atoms with Gasteiger partial charge in [0.25, 0.3) is 0 Å². The van der Waals surface area contributed by atoms with Crippen molar-refractivity contribution in [2.45, 2.75) is 0 Å². The lowest BCUT2D eigenvalue weighted by Gasteiger charge is -2.02. The van der Waals surface area contributed by atoms with Gasteiger partial charge in [-0.3, -0.25) is 4.79 Å². The molecule has 0 fully saturated rings. The first kappa shape index (κ1) is 9.97. The Balaban J connectivity index is 2.49. The van der Waals surface area contributed by atoms with Gasteiger partial charge in [0, 0.05) is 4.47 Å². The zero-order chi connectivity index (χ0) is 10.8. The largest absolute Gasteiger partial charge is 0.296 e. The molecule has 0 atom stereocenters. The van der Waals surface area contributed by atoms with Gasteiger partial charge in [0.05, 0.1) is 11.9 Å². The number of aromatic nitrogens is 3. The van der Waals surface area contributed by atoms with Crippen LogP contribution < -0.4 is 0 Å². The highest BCUT2D eigenvalue weighted by Crippen LogP contribution is 2.21. The van der Waals surface area contributed by atoms with Crippen molar-refractivity contribution in [3.8, 4) is 5.69 Å². The Morgan fingerprint density at radius 3 is 2.87 bits per heavy atom. The van der Waals surface area contributed by atoms with Crippen LogP contribution >= 0.6 is 15.9 Å². The summed E-state index contributed by atoms with van der Waals surface area (Å²) in [4.78, 5) is 10.4. The van der Waals surface area contributed by atoms with Crippen LogP contribution in [0.5, 0.6) is 0 Å². The summed E-state index contributed by atoms with van der Waals surface area (Å²) in [6.45, 7) is 0. The maximum absolute atomic E-state index is 12.8. The van der Waals surface area contributed by atoms with Gasteiger partial charge < -0.3 is 0 Å². The predicted octanol–water partition coefficient (Wildman–Crippen LogP) is 1.98. The van der Waals surface area contributed by atoms with Gasteiger partial charge in [-0.2, -0.15) is 0 Å². The molecule has 0 radical (unpaired) electrons. The van der Waals surface area contributed by atoms with Crippen molar-refractivity contribution in [2.75, 3.05) is 0 Å². The molecule has 1 heterocycles. The minimum absolute atomic E-state index is 0.228. The molecule has 0 aliphatic rings. The fourth-order valence-electron chi connectivity index (χ4n) is 1.12. The van der Waals surface area contributed by atoms with E-state index in [-0.39, 0.29) is 11.5 Å². The second kappa shape index (κ2) is 3.90. The lowest BCUT2D eigenvalue weighted by Crippen LogP contribution is -1.96. The fraction of sp³-hybridized carbons (Fsp3) is 0. The summed E-state index contributed by atoms with van der Waals surface area (Å²) in [5, 5.41) is 7.34. The van der Waals surface area contributed by atoms with E-state index in [0.29, 0.717) is 16.4 Å². The summed E-state index contributed by atoms with van der Waals surface area (Å²) in [6.07, 6.45) is 2.06. The summed E-state index contributed by atoms with van der Waals surface area (Å²) in [6, 6.07) is 4.17. The van der Waals surface area contributed by atoms with Crippen molar-refractivity contribution in [1.29, 1.82) is 0 Å². The molecule has 2 rings (SSSR count). The van der Waals surface area contributed by atoms with Crippen molar-refractivity contribution >= 4 is 22.2 Å². The Hall–Kier alpha value is -1.56. The predicted molar refractivity (Wildman–Crippen MR) is 54.4 cm³/mol. The average molecular weight is 270 g/mol. The zero-order valence-corrected chi connectivity index (χ0v) is 8.98. The van der Waals surface area contributed by atoms with E-state index in [1.807, 2.05) is 0 Å². The van der Waals surface area contributed by atoms with Gasteiger partial charge in [-0.05, 0) is 34.1 Å². The number of halogens is 2. The van der Waals surface area contributed by atoms with Crippen LogP contribution in [-0.4, -0.2) is 21.3 Å². The van der Waals surface area contributed by atoms with Crippen LogP contribution in [0.3, 0.4) is 0 Å². The van der Waals surface area contributed by atoms with E-state index in [2.05, 4.69) is 26.2 Å².